The van der Waals surface area contributed by atoms with E-state index in [1.165, 1.54) is 16.2 Å². The molecule has 1 N–H and O–H groups in total. The smallest absolute Gasteiger partial charge is 0.261 e. The summed E-state index contributed by atoms with van der Waals surface area (Å²) in [4.78, 5) is 32.3. The molecule has 6 heteroatoms. The number of phenols is 1. The standard InChI is InChI=1S/C31H22N2O3S/c1-2-3-17-33-30(35)22-8-6-7-21-20(14-15-23(28(21)22)31(33)36)13-11-19-12-16-26(34)24(18-19)29-32-25-9-4-5-10-27(25)37-29/h4-10,12,14-16,18,34H,2-3,17H2,1H3. The number of nitrogens with zero attached hydrogens (tertiary/aromatic N) is 2. The molecule has 1 aliphatic rings. The first-order valence-electron chi connectivity index (χ1n) is 12.2. The first kappa shape index (κ1) is 23.0. The molecule has 0 atom stereocenters. The van der Waals surface area contributed by atoms with Crippen molar-refractivity contribution in [2.45, 2.75) is 19.8 Å². The van der Waals surface area contributed by atoms with Gasteiger partial charge in [-0.2, -0.15) is 0 Å². The van der Waals surface area contributed by atoms with Crippen molar-refractivity contribution >= 4 is 44.1 Å². The van der Waals surface area contributed by atoms with Gasteiger partial charge in [-0.3, -0.25) is 14.5 Å². The largest absolute Gasteiger partial charge is 0.507 e. The highest BCUT2D eigenvalue weighted by Crippen LogP contribution is 2.36. The third kappa shape index (κ3) is 3.94. The van der Waals surface area contributed by atoms with Crippen LogP contribution in [0.15, 0.2) is 72.8 Å². The molecule has 4 aromatic carbocycles. The summed E-state index contributed by atoms with van der Waals surface area (Å²) in [5, 5.41) is 12.7. The number of phenolic OH excluding ortho intramolecular Hbond substituents is 1. The second kappa shape index (κ2) is 9.20. The number of amides is 2. The molecule has 2 amide bonds. The highest BCUT2D eigenvalue weighted by atomic mass is 32.1. The Morgan fingerprint density at radius 3 is 2.51 bits per heavy atom. The molecule has 0 unspecified atom stereocenters. The van der Waals surface area contributed by atoms with Crippen molar-refractivity contribution in [2.24, 2.45) is 0 Å². The van der Waals surface area contributed by atoms with Gasteiger partial charge >= 0.3 is 0 Å². The number of hydrogen-bond donors (Lipinski definition) is 1. The van der Waals surface area contributed by atoms with Crippen LogP contribution in [0.25, 0.3) is 31.6 Å². The fourth-order valence-electron chi connectivity index (χ4n) is 4.69. The van der Waals surface area contributed by atoms with Crippen LogP contribution in [0.1, 0.15) is 51.6 Å². The summed E-state index contributed by atoms with van der Waals surface area (Å²) in [7, 11) is 0. The number of carbonyl (C=O) groups excluding carboxylic acids is 2. The summed E-state index contributed by atoms with van der Waals surface area (Å²) in [5.41, 5.74) is 4.06. The number of aromatic nitrogens is 1. The Labute approximate surface area is 218 Å². The molecule has 0 aliphatic carbocycles. The maximum absolute atomic E-state index is 13.1. The van der Waals surface area contributed by atoms with E-state index in [2.05, 4.69) is 16.8 Å². The lowest BCUT2D eigenvalue weighted by molar-refractivity contribution is 0.0608. The Morgan fingerprint density at radius 1 is 0.892 bits per heavy atom. The predicted octanol–water partition coefficient (Wildman–Crippen LogP) is 6.62. The normalized spacial score (nSPS) is 12.7. The third-order valence-electron chi connectivity index (χ3n) is 6.59. The molecule has 1 aromatic heterocycles. The average molecular weight is 503 g/mol. The maximum Gasteiger partial charge on any atom is 0.261 e. The highest BCUT2D eigenvalue weighted by Gasteiger charge is 2.32. The van der Waals surface area contributed by atoms with E-state index >= 15 is 0 Å². The number of hydrogen-bond acceptors (Lipinski definition) is 5. The van der Waals surface area contributed by atoms with Crippen LogP contribution in [0.4, 0.5) is 0 Å². The van der Waals surface area contributed by atoms with Gasteiger partial charge in [-0.1, -0.05) is 49.5 Å². The number of benzene rings is 4. The fraction of sp³-hybridized carbons (Fsp3) is 0.129. The van der Waals surface area contributed by atoms with E-state index in [0.29, 0.717) is 28.6 Å². The molecule has 180 valence electrons. The number of aromatic hydroxyl groups is 1. The van der Waals surface area contributed by atoms with Crippen LogP contribution in [0.5, 0.6) is 5.75 Å². The molecule has 6 rings (SSSR count). The van der Waals surface area contributed by atoms with Crippen molar-refractivity contribution in [3.8, 4) is 28.2 Å². The topological polar surface area (TPSA) is 70.5 Å². The van der Waals surface area contributed by atoms with E-state index in [-0.39, 0.29) is 17.6 Å². The minimum Gasteiger partial charge on any atom is -0.507 e. The zero-order valence-corrected chi connectivity index (χ0v) is 20.9. The Balaban J connectivity index is 1.40. The molecule has 0 bridgehead atoms. The Kier molecular flexibility index (Phi) is 5.71. The summed E-state index contributed by atoms with van der Waals surface area (Å²) in [6, 6.07) is 22.2. The molecular weight excluding hydrogens is 480 g/mol. The molecule has 37 heavy (non-hydrogen) atoms. The Bertz CT molecular complexity index is 1740. The minimum absolute atomic E-state index is 0.149. The second-order valence-electron chi connectivity index (χ2n) is 8.97. The Morgan fingerprint density at radius 2 is 1.70 bits per heavy atom. The molecule has 0 saturated carbocycles. The molecule has 2 heterocycles. The van der Waals surface area contributed by atoms with Crippen LogP contribution in [-0.4, -0.2) is 33.3 Å². The van der Waals surface area contributed by atoms with Gasteiger partial charge in [0.25, 0.3) is 11.8 Å². The van der Waals surface area contributed by atoms with Crippen LogP contribution in [0.3, 0.4) is 0 Å². The van der Waals surface area contributed by atoms with Gasteiger partial charge < -0.3 is 5.11 Å². The van der Waals surface area contributed by atoms with Gasteiger partial charge in [-0.05, 0) is 60.3 Å². The van der Waals surface area contributed by atoms with Crippen LogP contribution in [0, 0.1) is 11.8 Å². The summed E-state index contributed by atoms with van der Waals surface area (Å²) >= 11 is 1.52. The zero-order valence-electron chi connectivity index (χ0n) is 20.1. The van der Waals surface area contributed by atoms with Gasteiger partial charge in [0.15, 0.2) is 0 Å². The summed E-state index contributed by atoms with van der Waals surface area (Å²) in [6.45, 7) is 2.46. The van der Waals surface area contributed by atoms with Crippen molar-refractivity contribution in [1.29, 1.82) is 0 Å². The molecule has 1 aliphatic heterocycles. The van der Waals surface area contributed by atoms with Gasteiger partial charge in [0, 0.05) is 34.2 Å². The van der Waals surface area contributed by atoms with Gasteiger partial charge in [-0.15, -0.1) is 11.3 Å². The quantitative estimate of drug-likeness (QED) is 0.222. The van der Waals surface area contributed by atoms with E-state index < -0.39 is 0 Å². The van der Waals surface area contributed by atoms with Crippen molar-refractivity contribution in [1.82, 2.24) is 9.88 Å². The van der Waals surface area contributed by atoms with Crippen molar-refractivity contribution < 1.29 is 14.7 Å². The summed E-state index contributed by atoms with van der Waals surface area (Å²) in [5.74, 6) is 6.07. The molecule has 0 saturated heterocycles. The number of unbranched alkanes of at least 4 members (excludes halogenated alkanes) is 1. The van der Waals surface area contributed by atoms with E-state index in [9.17, 15) is 14.7 Å². The van der Waals surface area contributed by atoms with E-state index in [1.54, 1.807) is 24.3 Å². The molecular formula is C31H22N2O3S. The number of para-hydroxylation sites is 1. The lowest BCUT2D eigenvalue weighted by Crippen LogP contribution is -2.40. The van der Waals surface area contributed by atoms with E-state index in [1.807, 2.05) is 55.5 Å². The van der Waals surface area contributed by atoms with E-state index in [4.69, 9.17) is 0 Å². The molecule has 0 spiro atoms. The van der Waals surface area contributed by atoms with Crippen LogP contribution >= 0.6 is 11.3 Å². The van der Waals surface area contributed by atoms with Crippen molar-refractivity contribution in [3.63, 3.8) is 0 Å². The predicted molar refractivity (Wildman–Crippen MR) is 147 cm³/mol. The third-order valence-corrected chi connectivity index (χ3v) is 7.66. The fourth-order valence-corrected chi connectivity index (χ4v) is 5.68. The Hall–Kier alpha value is -4.47. The number of rotatable bonds is 4. The number of fused-ring (bicyclic) bond motifs is 1. The van der Waals surface area contributed by atoms with Gasteiger partial charge in [0.2, 0.25) is 0 Å². The number of thiazole rings is 1. The number of carbonyl (C=O) groups is 2. The van der Waals surface area contributed by atoms with Gasteiger partial charge in [0.1, 0.15) is 10.8 Å². The maximum atomic E-state index is 13.1. The first-order valence-corrected chi connectivity index (χ1v) is 13.0. The van der Waals surface area contributed by atoms with Crippen LogP contribution in [0.2, 0.25) is 0 Å². The highest BCUT2D eigenvalue weighted by molar-refractivity contribution is 7.21. The molecule has 5 aromatic rings. The minimum atomic E-state index is -0.249. The van der Waals surface area contributed by atoms with Crippen molar-refractivity contribution in [3.05, 3.63) is 95.1 Å². The first-order chi connectivity index (χ1) is 18.0. The number of imide groups is 1. The van der Waals surface area contributed by atoms with Crippen LogP contribution in [-0.2, 0) is 0 Å². The summed E-state index contributed by atoms with van der Waals surface area (Å²) < 4.78 is 1.05. The SMILES string of the molecule is CCCCN1C(=O)c2cccc3c(C#Cc4ccc(O)c(-c5nc6ccccc6s5)c4)ccc(c23)C1=O. The van der Waals surface area contributed by atoms with Crippen molar-refractivity contribution in [2.75, 3.05) is 6.54 Å². The zero-order chi connectivity index (χ0) is 25.5. The van der Waals surface area contributed by atoms with Gasteiger partial charge in [-0.25, -0.2) is 4.98 Å². The lowest BCUT2D eigenvalue weighted by atomic mass is 9.91. The average Bonchev–Trinajstić information content (AvgIpc) is 3.35. The monoisotopic (exact) mass is 502 g/mol. The van der Waals surface area contributed by atoms with Gasteiger partial charge in [0.05, 0.1) is 15.8 Å². The summed E-state index contributed by atoms with van der Waals surface area (Å²) in [6.07, 6.45) is 1.68. The van der Waals surface area contributed by atoms with E-state index in [0.717, 1.165) is 44.6 Å². The second-order valence-corrected chi connectivity index (χ2v) is 10.0. The molecule has 0 fully saturated rings. The lowest BCUT2D eigenvalue weighted by Gasteiger charge is -2.27. The molecule has 5 nitrogen and oxygen atoms in total. The molecule has 0 radical (unpaired) electrons. The van der Waals surface area contributed by atoms with Crippen LogP contribution < -0.4 is 0 Å².